The zero-order chi connectivity index (χ0) is 24.0. The average molecular weight is 472 g/mol. The number of rotatable bonds is 5. The van der Waals surface area contributed by atoms with Crippen molar-refractivity contribution in [3.63, 3.8) is 0 Å². The molecule has 2 saturated carbocycles. The molecule has 0 bridgehead atoms. The summed E-state index contributed by atoms with van der Waals surface area (Å²) in [5.74, 6) is -0.854. The molecule has 4 amide bonds. The molecule has 0 spiro atoms. The highest BCUT2D eigenvalue weighted by molar-refractivity contribution is 5.87. The van der Waals surface area contributed by atoms with Gasteiger partial charge in [-0.3, -0.25) is 19.5 Å². The highest BCUT2D eigenvalue weighted by Gasteiger charge is 2.56. The number of carbonyl (C=O) groups is 3. The Balaban J connectivity index is 1.38. The van der Waals surface area contributed by atoms with E-state index in [1.54, 1.807) is 28.0 Å². The molecule has 4 aliphatic rings. The predicted molar refractivity (Wildman–Crippen MR) is 123 cm³/mol. The number of benzene rings is 1. The molecule has 1 aromatic carbocycles. The fourth-order valence-corrected chi connectivity index (χ4v) is 6.15. The van der Waals surface area contributed by atoms with E-state index in [0.29, 0.717) is 24.8 Å². The van der Waals surface area contributed by atoms with Gasteiger partial charge in [-0.15, -0.1) is 0 Å². The molecular formula is C25H34FN5O3. The Bertz CT molecular complexity index is 966. The number of nitrogens with zero attached hydrogens (tertiary/aromatic N) is 3. The van der Waals surface area contributed by atoms with E-state index in [-0.39, 0.29) is 60.2 Å². The van der Waals surface area contributed by atoms with E-state index in [9.17, 15) is 18.8 Å². The molecular weight excluding hydrogens is 437 g/mol. The minimum absolute atomic E-state index is 0.0175. The van der Waals surface area contributed by atoms with Crippen LogP contribution in [0.1, 0.15) is 64.4 Å². The summed E-state index contributed by atoms with van der Waals surface area (Å²) < 4.78 is 14.3. The maximum atomic E-state index is 14.3. The van der Waals surface area contributed by atoms with Gasteiger partial charge in [0.1, 0.15) is 5.82 Å². The van der Waals surface area contributed by atoms with Crippen LogP contribution in [-0.4, -0.2) is 57.1 Å². The zero-order valence-corrected chi connectivity index (χ0v) is 19.9. The van der Waals surface area contributed by atoms with Crippen LogP contribution in [0.4, 0.5) is 9.18 Å². The van der Waals surface area contributed by atoms with Crippen LogP contribution in [0.25, 0.3) is 0 Å². The average Bonchev–Trinajstić information content (AvgIpc) is 3.43. The van der Waals surface area contributed by atoms with Gasteiger partial charge in [-0.05, 0) is 52.0 Å². The summed E-state index contributed by atoms with van der Waals surface area (Å²) in [7, 11) is 0. The molecule has 8 nitrogen and oxygen atoms in total. The van der Waals surface area contributed by atoms with Crippen LogP contribution in [0.15, 0.2) is 24.3 Å². The second-order valence-electron chi connectivity index (χ2n) is 10.4. The first-order chi connectivity index (χ1) is 16.3. The monoisotopic (exact) mass is 471 g/mol. The molecule has 2 N–H and O–H groups in total. The van der Waals surface area contributed by atoms with E-state index >= 15 is 0 Å². The second-order valence-corrected chi connectivity index (χ2v) is 10.4. The molecule has 4 fully saturated rings. The van der Waals surface area contributed by atoms with Gasteiger partial charge in [0.25, 0.3) is 0 Å². The molecule has 1 aromatic rings. The maximum Gasteiger partial charge on any atom is 0.337 e. The van der Waals surface area contributed by atoms with Gasteiger partial charge in [-0.1, -0.05) is 31.0 Å². The molecule has 4 atom stereocenters. The van der Waals surface area contributed by atoms with E-state index < -0.39 is 6.29 Å². The first kappa shape index (κ1) is 23.1. The van der Waals surface area contributed by atoms with Gasteiger partial charge in [-0.25, -0.2) is 9.18 Å². The van der Waals surface area contributed by atoms with Crippen LogP contribution in [0.2, 0.25) is 0 Å². The first-order valence-electron chi connectivity index (χ1n) is 12.6. The summed E-state index contributed by atoms with van der Waals surface area (Å²) in [6, 6.07) is 5.87. The van der Waals surface area contributed by atoms with Gasteiger partial charge >= 0.3 is 6.03 Å². The van der Waals surface area contributed by atoms with Crippen LogP contribution in [0, 0.1) is 17.7 Å². The summed E-state index contributed by atoms with van der Waals surface area (Å²) in [5, 5.41) is 4.59. The van der Waals surface area contributed by atoms with E-state index in [1.165, 1.54) is 11.1 Å². The van der Waals surface area contributed by atoms with Gasteiger partial charge in [0.05, 0.1) is 12.5 Å². The highest BCUT2D eigenvalue weighted by Crippen LogP contribution is 2.41. The van der Waals surface area contributed by atoms with Crippen molar-refractivity contribution in [2.45, 2.75) is 89.8 Å². The van der Waals surface area contributed by atoms with Gasteiger partial charge in [0.15, 0.2) is 6.29 Å². The topological polar surface area (TPSA) is 85.0 Å². The van der Waals surface area contributed by atoms with Crippen molar-refractivity contribution in [3.8, 4) is 0 Å². The number of nitrogens with one attached hydrogen (secondary N) is 2. The molecule has 0 radical (unpaired) electrons. The number of amides is 4. The molecule has 2 heterocycles. The van der Waals surface area contributed by atoms with Crippen molar-refractivity contribution in [2.75, 3.05) is 0 Å². The molecule has 5 rings (SSSR count). The third-order valence-corrected chi connectivity index (χ3v) is 7.91. The molecule has 2 saturated heterocycles. The van der Waals surface area contributed by atoms with Crippen molar-refractivity contribution in [1.29, 1.82) is 0 Å². The third-order valence-electron chi connectivity index (χ3n) is 7.91. The molecule has 34 heavy (non-hydrogen) atoms. The Morgan fingerprint density at radius 2 is 1.88 bits per heavy atom. The van der Waals surface area contributed by atoms with Crippen LogP contribution in [-0.2, 0) is 16.1 Å². The Morgan fingerprint density at radius 1 is 1.15 bits per heavy atom. The van der Waals surface area contributed by atoms with E-state index in [1.807, 2.05) is 13.8 Å². The summed E-state index contributed by atoms with van der Waals surface area (Å²) in [6.07, 6.45) is 5.40. The number of carbonyl (C=O) groups excluding carboxylic acids is 3. The van der Waals surface area contributed by atoms with Crippen molar-refractivity contribution < 1.29 is 18.8 Å². The second kappa shape index (κ2) is 9.17. The molecule has 9 heteroatoms. The number of hydrogen-bond acceptors (Lipinski definition) is 4. The first-order valence-corrected chi connectivity index (χ1v) is 12.6. The number of hydrogen-bond donors (Lipinski definition) is 2. The maximum absolute atomic E-state index is 14.3. The van der Waals surface area contributed by atoms with Crippen molar-refractivity contribution in [1.82, 2.24) is 25.6 Å². The smallest absolute Gasteiger partial charge is 0.337 e. The third kappa shape index (κ3) is 4.04. The van der Waals surface area contributed by atoms with Crippen LogP contribution < -0.4 is 10.7 Å². The number of fused-ring (bicyclic) bond motifs is 3. The lowest BCUT2D eigenvalue weighted by molar-refractivity contribution is -0.162. The largest absolute Gasteiger partial charge is 0.353 e. The number of halogens is 1. The SMILES string of the molecule is CC(C)N1C(=O)C2CCC(C(=O)NC3CCCC3)CC2N2C(=O)N(Cc3ccccc3F)NC12. The summed E-state index contributed by atoms with van der Waals surface area (Å²) in [5.41, 5.74) is 3.57. The Labute approximate surface area is 199 Å². The van der Waals surface area contributed by atoms with Gasteiger partial charge < -0.3 is 10.2 Å². The fourth-order valence-electron chi connectivity index (χ4n) is 6.15. The minimum atomic E-state index is -0.635. The summed E-state index contributed by atoms with van der Waals surface area (Å²) in [4.78, 5) is 43.5. The molecule has 2 aliphatic heterocycles. The van der Waals surface area contributed by atoms with Gasteiger partial charge in [0.2, 0.25) is 11.8 Å². The van der Waals surface area contributed by atoms with E-state index in [2.05, 4.69) is 10.7 Å². The van der Waals surface area contributed by atoms with E-state index in [4.69, 9.17) is 0 Å². The quantitative estimate of drug-likeness (QED) is 0.692. The highest BCUT2D eigenvalue weighted by atomic mass is 19.1. The van der Waals surface area contributed by atoms with Crippen LogP contribution in [0.5, 0.6) is 0 Å². The number of urea groups is 1. The van der Waals surface area contributed by atoms with Crippen molar-refractivity contribution >= 4 is 17.8 Å². The number of hydrazine groups is 1. The Morgan fingerprint density at radius 3 is 2.59 bits per heavy atom. The van der Waals surface area contributed by atoms with Crippen LogP contribution >= 0.6 is 0 Å². The zero-order valence-electron chi connectivity index (χ0n) is 19.9. The summed E-state index contributed by atoms with van der Waals surface area (Å²) >= 11 is 0. The Hall–Kier alpha value is -2.68. The van der Waals surface area contributed by atoms with Gasteiger partial charge in [-0.2, -0.15) is 5.43 Å². The lowest BCUT2D eigenvalue weighted by Crippen LogP contribution is -2.68. The normalized spacial score (nSPS) is 29.6. The molecule has 2 aliphatic carbocycles. The van der Waals surface area contributed by atoms with Gasteiger partial charge in [0, 0.05) is 29.6 Å². The standard InChI is InChI=1S/C25H34FN5O3/c1-15(2)30-23(33)19-12-11-16(22(32)27-18-8-4-5-9-18)13-21(19)31-24(30)28-29(25(31)34)14-17-7-3-6-10-20(17)26/h3,6-7,10,15-16,18-19,21,24,28H,4-5,8-9,11-14H2,1-2H3,(H,27,32). The Kier molecular flexibility index (Phi) is 6.22. The molecule has 184 valence electrons. The lowest BCUT2D eigenvalue weighted by Gasteiger charge is -2.51. The summed E-state index contributed by atoms with van der Waals surface area (Å²) in [6.45, 7) is 3.92. The van der Waals surface area contributed by atoms with Crippen molar-refractivity contribution in [3.05, 3.63) is 35.6 Å². The lowest BCUT2D eigenvalue weighted by atomic mass is 9.75. The fraction of sp³-hybridized carbons (Fsp3) is 0.640. The van der Waals surface area contributed by atoms with Crippen LogP contribution in [0.3, 0.4) is 0 Å². The minimum Gasteiger partial charge on any atom is -0.353 e. The van der Waals surface area contributed by atoms with E-state index in [0.717, 1.165) is 25.7 Å². The molecule has 4 unspecified atom stereocenters. The molecule has 0 aromatic heterocycles. The van der Waals surface area contributed by atoms with Crippen molar-refractivity contribution in [2.24, 2.45) is 11.8 Å². The predicted octanol–water partition coefficient (Wildman–Crippen LogP) is 2.95.